The molecule has 22 heavy (non-hydrogen) atoms. The van der Waals surface area contributed by atoms with Crippen LogP contribution in [0.5, 0.6) is 11.5 Å². The molecular formula is C17H14ClNO3. The van der Waals surface area contributed by atoms with Crippen LogP contribution < -0.4 is 9.47 Å². The molecule has 0 bridgehead atoms. The van der Waals surface area contributed by atoms with E-state index >= 15 is 0 Å². The van der Waals surface area contributed by atoms with Gasteiger partial charge in [-0.3, -0.25) is 4.79 Å². The number of nitrogens with zero attached hydrogens (tertiary/aromatic N) is 1. The molecule has 0 fully saturated rings. The highest BCUT2D eigenvalue weighted by molar-refractivity contribution is 6.34. The van der Waals surface area contributed by atoms with Gasteiger partial charge in [-0.05, 0) is 29.8 Å². The van der Waals surface area contributed by atoms with Gasteiger partial charge in [0, 0.05) is 5.56 Å². The highest BCUT2D eigenvalue weighted by Gasteiger charge is 2.24. The predicted molar refractivity (Wildman–Crippen MR) is 83.7 cm³/mol. The third-order valence-electron chi connectivity index (χ3n) is 3.27. The Kier molecular flexibility index (Phi) is 5.03. The molecule has 0 aromatic heterocycles. The van der Waals surface area contributed by atoms with Gasteiger partial charge in [-0.2, -0.15) is 5.26 Å². The van der Waals surface area contributed by atoms with E-state index in [1.54, 1.807) is 42.5 Å². The predicted octanol–water partition coefficient (Wildman–Crippen LogP) is 3.85. The van der Waals surface area contributed by atoms with Crippen LogP contribution in [0.3, 0.4) is 0 Å². The van der Waals surface area contributed by atoms with Gasteiger partial charge in [0.2, 0.25) is 0 Å². The number of methoxy groups -OCH3 is 2. The first-order valence-corrected chi connectivity index (χ1v) is 6.90. The van der Waals surface area contributed by atoms with E-state index in [0.29, 0.717) is 27.6 Å². The lowest BCUT2D eigenvalue weighted by Gasteiger charge is -2.13. The summed E-state index contributed by atoms with van der Waals surface area (Å²) in [5.74, 6) is -0.305. The minimum atomic E-state index is -0.959. The summed E-state index contributed by atoms with van der Waals surface area (Å²) >= 11 is 6.04. The Morgan fingerprint density at radius 1 is 1.14 bits per heavy atom. The van der Waals surface area contributed by atoms with E-state index in [1.165, 1.54) is 14.2 Å². The van der Waals surface area contributed by atoms with Gasteiger partial charge in [0.1, 0.15) is 5.92 Å². The number of nitriles is 1. The van der Waals surface area contributed by atoms with Crippen LogP contribution in [-0.2, 0) is 0 Å². The number of benzene rings is 2. The van der Waals surface area contributed by atoms with Crippen molar-refractivity contribution in [1.82, 2.24) is 0 Å². The smallest absolute Gasteiger partial charge is 0.185 e. The fourth-order valence-corrected chi connectivity index (χ4v) is 2.36. The SMILES string of the molecule is COc1ccc(C(C#N)C(=O)c2ccccc2Cl)cc1OC. The summed E-state index contributed by atoms with van der Waals surface area (Å²) in [5.41, 5.74) is 0.857. The zero-order chi connectivity index (χ0) is 16.1. The Balaban J connectivity index is 2.43. The average Bonchev–Trinajstić information content (AvgIpc) is 2.55. The molecule has 0 amide bonds. The first-order valence-electron chi connectivity index (χ1n) is 6.52. The summed E-state index contributed by atoms with van der Waals surface area (Å²) in [6.07, 6.45) is 0. The maximum atomic E-state index is 12.6. The van der Waals surface area contributed by atoms with Crippen LogP contribution in [0.15, 0.2) is 42.5 Å². The highest BCUT2D eigenvalue weighted by atomic mass is 35.5. The van der Waals surface area contributed by atoms with Crippen molar-refractivity contribution in [2.24, 2.45) is 0 Å². The molecule has 0 aliphatic carbocycles. The minimum absolute atomic E-state index is 0.325. The number of ether oxygens (including phenoxy) is 2. The molecule has 0 heterocycles. The number of rotatable bonds is 5. The molecule has 0 radical (unpaired) electrons. The summed E-state index contributed by atoms with van der Waals surface area (Å²) in [4.78, 5) is 12.6. The van der Waals surface area contributed by atoms with Crippen molar-refractivity contribution in [3.8, 4) is 17.6 Å². The fraction of sp³-hybridized carbons (Fsp3) is 0.176. The van der Waals surface area contributed by atoms with Gasteiger partial charge in [-0.15, -0.1) is 0 Å². The van der Waals surface area contributed by atoms with E-state index in [-0.39, 0.29) is 5.78 Å². The number of carbonyl (C=O) groups excluding carboxylic acids is 1. The lowest BCUT2D eigenvalue weighted by Crippen LogP contribution is -2.12. The molecule has 0 saturated heterocycles. The highest BCUT2D eigenvalue weighted by Crippen LogP contribution is 2.32. The van der Waals surface area contributed by atoms with Crippen molar-refractivity contribution in [1.29, 1.82) is 5.26 Å². The first-order chi connectivity index (χ1) is 10.6. The lowest BCUT2D eigenvalue weighted by molar-refractivity contribution is 0.0979. The quantitative estimate of drug-likeness (QED) is 0.786. The van der Waals surface area contributed by atoms with Crippen LogP contribution in [-0.4, -0.2) is 20.0 Å². The number of Topliss-reactive ketones (excluding diaryl/α,β-unsaturated/α-hetero) is 1. The number of hydrogen-bond donors (Lipinski definition) is 0. The summed E-state index contributed by atoms with van der Waals surface area (Å²) in [7, 11) is 3.02. The van der Waals surface area contributed by atoms with Gasteiger partial charge >= 0.3 is 0 Å². The van der Waals surface area contributed by atoms with Crippen molar-refractivity contribution in [3.05, 3.63) is 58.6 Å². The van der Waals surface area contributed by atoms with Crippen molar-refractivity contribution >= 4 is 17.4 Å². The van der Waals surface area contributed by atoms with Crippen LogP contribution in [0.4, 0.5) is 0 Å². The number of ketones is 1. The second kappa shape index (κ2) is 6.97. The van der Waals surface area contributed by atoms with Gasteiger partial charge in [-0.1, -0.05) is 29.8 Å². The van der Waals surface area contributed by atoms with E-state index in [1.807, 2.05) is 6.07 Å². The minimum Gasteiger partial charge on any atom is -0.493 e. The largest absolute Gasteiger partial charge is 0.493 e. The molecular weight excluding hydrogens is 302 g/mol. The van der Waals surface area contributed by atoms with Gasteiger partial charge < -0.3 is 9.47 Å². The van der Waals surface area contributed by atoms with Crippen LogP contribution in [0.2, 0.25) is 5.02 Å². The molecule has 1 unspecified atom stereocenters. The average molecular weight is 316 g/mol. The van der Waals surface area contributed by atoms with E-state index < -0.39 is 5.92 Å². The molecule has 0 spiro atoms. The van der Waals surface area contributed by atoms with Crippen LogP contribution >= 0.6 is 11.6 Å². The fourth-order valence-electron chi connectivity index (χ4n) is 2.13. The summed E-state index contributed by atoms with van der Waals surface area (Å²) < 4.78 is 10.4. The maximum Gasteiger partial charge on any atom is 0.185 e. The normalized spacial score (nSPS) is 11.4. The van der Waals surface area contributed by atoms with Gasteiger partial charge in [-0.25, -0.2) is 0 Å². The van der Waals surface area contributed by atoms with E-state index in [2.05, 4.69) is 0 Å². The summed E-state index contributed by atoms with van der Waals surface area (Å²) in [6.45, 7) is 0. The molecule has 2 aromatic carbocycles. The molecule has 2 aromatic rings. The maximum absolute atomic E-state index is 12.6. The standard InChI is InChI=1S/C17H14ClNO3/c1-21-15-8-7-11(9-16(15)22-2)13(10-19)17(20)12-5-3-4-6-14(12)18/h3-9,13H,1-2H3. The van der Waals surface area contributed by atoms with Crippen molar-refractivity contribution < 1.29 is 14.3 Å². The van der Waals surface area contributed by atoms with Crippen molar-refractivity contribution in [2.75, 3.05) is 14.2 Å². The lowest BCUT2D eigenvalue weighted by atomic mass is 9.91. The Morgan fingerprint density at radius 2 is 1.82 bits per heavy atom. The summed E-state index contributed by atoms with van der Waals surface area (Å²) in [6, 6.07) is 13.7. The second-order valence-corrected chi connectivity index (χ2v) is 4.93. The molecule has 0 saturated carbocycles. The van der Waals surface area contributed by atoms with Crippen LogP contribution in [0.25, 0.3) is 0 Å². The molecule has 0 aliphatic rings. The zero-order valence-corrected chi connectivity index (χ0v) is 12.9. The third-order valence-corrected chi connectivity index (χ3v) is 3.60. The monoisotopic (exact) mass is 315 g/mol. The van der Waals surface area contributed by atoms with Gasteiger partial charge in [0.05, 0.1) is 25.3 Å². The Morgan fingerprint density at radius 3 is 2.41 bits per heavy atom. The van der Waals surface area contributed by atoms with Crippen molar-refractivity contribution in [2.45, 2.75) is 5.92 Å². The van der Waals surface area contributed by atoms with E-state index in [4.69, 9.17) is 21.1 Å². The Labute approximate surface area is 133 Å². The van der Waals surface area contributed by atoms with Crippen LogP contribution in [0.1, 0.15) is 21.8 Å². The third kappa shape index (κ3) is 3.05. The van der Waals surface area contributed by atoms with E-state index in [0.717, 1.165) is 0 Å². The molecule has 2 rings (SSSR count). The zero-order valence-electron chi connectivity index (χ0n) is 12.2. The molecule has 112 valence electrons. The summed E-state index contributed by atoms with van der Waals surface area (Å²) in [5, 5.41) is 9.73. The second-order valence-electron chi connectivity index (χ2n) is 4.52. The Bertz CT molecular complexity index is 737. The Hall–Kier alpha value is -2.51. The number of halogens is 1. The number of carbonyl (C=O) groups is 1. The molecule has 0 aliphatic heterocycles. The topological polar surface area (TPSA) is 59.3 Å². The van der Waals surface area contributed by atoms with Crippen molar-refractivity contribution in [3.63, 3.8) is 0 Å². The number of hydrogen-bond acceptors (Lipinski definition) is 4. The molecule has 5 heteroatoms. The molecule has 4 nitrogen and oxygen atoms in total. The van der Waals surface area contributed by atoms with Crippen LogP contribution in [0, 0.1) is 11.3 Å². The van der Waals surface area contributed by atoms with Gasteiger partial charge in [0.25, 0.3) is 0 Å². The first kappa shape index (κ1) is 15.9. The molecule has 1 atom stereocenters. The molecule has 0 N–H and O–H groups in total. The van der Waals surface area contributed by atoms with E-state index in [9.17, 15) is 10.1 Å². The van der Waals surface area contributed by atoms with Gasteiger partial charge in [0.15, 0.2) is 17.3 Å².